The van der Waals surface area contributed by atoms with Gasteiger partial charge in [0.05, 0.1) is 12.7 Å². The lowest BCUT2D eigenvalue weighted by Crippen LogP contribution is -2.54. The van der Waals surface area contributed by atoms with Gasteiger partial charge in [0.15, 0.2) is 29.1 Å². The van der Waals surface area contributed by atoms with Crippen molar-refractivity contribution >= 4 is 65.0 Å². The number of hydrogen-bond donors (Lipinski definition) is 1. The predicted octanol–water partition coefficient (Wildman–Crippen LogP) is 2.03. The van der Waals surface area contributed by atoms with E-state index in [0.717, 1.165) is 34.6 Å². The van der Waals surface area contributed by atoms with Crippen LogP contribution in [0.3, 0.4) is 0 Å². The van der Waals surface area contributed by atoms with E-state index in [-0.39, 0.29) is 4.64 Å². The molecule has 0 bridgehead atoms. The summed E-state index contributed by atoms with van der Waals surface area (Å²) in [6, 6.07) is 0. The minimum Gasteiger partial charge on any atom is -0.462 e. The maximum absolute atomic E-state index is 12.4. The van der Waals surface area contributed by atoms with Crippen LogP contribution in [0.2, 0.25) is 0 Å². The number of carbonyl (C=O) groups excluding carboxylic acids is 5. The second-order valence-corrected chi connectivity index (χ2v) is 9.86. The highest BCUT2D eigenvalue weighted by Gasteiger charge is 2.47. The molecular formula is C23H30N4O10S2. The van der Waals surface area contributed by atoms with Crippen molar-refractivity contribution in [1.82, 2.24) is 19.5 Å². The Morgan fingerprint density at radius 3 is 1.97 bits per heavy atom. The Bertz CT molecular complexity index is 1260. The highest BCUT2D eigenvalue weighted by atomic mass is 32.2. The molecule has 39 heavy (non-hydrogen) atoms. The Balaban J connectivity index is 2.77. The number of nitrogens with one attached hydrogen (secondary N) is 1. The fourth-order valence-corrected chi connectivity index (χ4v) is 4.98. The summed E-state index contributed by atoms with van der Waals surface area (Å²) < 4.78 is 29.0. The third-order valence-electron chi connectivity index (χ3n) is 4.96. The first-order valence-corrected chi connectivity index (χ1v) is 13.1. The summed E-state index contributed by atoms with van der Waals surface area (Å²) in [5.41, 5.74) is 0.796. The van der Waals surface area contributed by atoms with E-state index < -0.39 is 66.2 Å². The van der Waals surface area contributed by atoms with Gasteiger partial charge in [0.25, 0.3) is 0 Å². The molecule has 0 saturated heterocycles. The van der Waals surface area contributed by atoms with Gasteiger partial charge in [0.1, 0.15) is 23.1 Å². The number of ether oxygens (including phenoxy) is 5. The molecule has 5 atom stereocenters. The quantitative estimate of drug-likeness (QED) is 0.205. The van der Waals surface area contributed by atoms with Gasteiger partial charge in [0.2, 0.25) is 0 Å². The number of hydrogen-bond acceptors (Lipinski definition) is 14. The van der Waals surface area contributed by atoms with Crippen LogP contribution < -0.4 is 0 Å². The van der Waals surface area contributed by atoms with Crippen molar-refractivity contribution in [3.05, 3.63) is 17.3 Å². The zero-order valence-electron chi connectivity index (χ0n) is 22.2. The molecule has 0 saturated carbocycles. The van der Waals surface area contributed by atoms with Gasteiger partial charge >= 0.3 is 29.8 Å². The number of carbonyl (C=O) groups is 5. The number of fused-ring (bicyclic) bond motifs is 1. The zero-order valence-corrected chi connectivity index (χ0v) is 23.8. The van der Waals surface area contributed by atoms with Crippen molar-refractivity contribution < 1.29 is 47.7 Å². The van der Waals surface area contributed by atoms with Crippen LogP contribution in [-0.4, -0.2) is 86.1 Å². The van der Waals surface area contributed by atoms with Crippen molar-refractivity contribution in [2.45, 2.75) is 71.3 Å². The van der Waals surface area contributed by atoms with E-state index in [4.69, 9.17) is 35.9 Å². The standard InChI is InChI=1S/C23H30N4O10S2/c1-7-39-23(27-10-26-17-21(27)24-9-25-22(17)38)20(37-15(6)32)19(36-14(5)31)18(35-13(4)30)16(34-12(3)29)8-33-11(2)28/h9-10,16,18-20,23H,7-8H2,1-6H3,(H,24,25,38)/t16-,18-,19-,20+,23+/m1/s1. The highest BCUT2D eigenvalue weighted by Crippen LogP contribution is 2.36. The van der Waals surface area contributed by atoms with Crippen LogP contribution in [-0.2, 0) is 47.7 Å². The van der Waals surface area contributed by atoms with Crippen molar-refractivity contribution in [3.63, 3.8) is 0 Å². The summed E-state index contributed by atoms with van der Waals surface area (Å²) in [6.45, 7) is 6.87. The van der Waals surface area contributed by atoms with E-state index in [2.05, 4.69) is 15.0 Å². The molecule has 16 heteroatoms. The average molecular weight is 587 g/mol. The second kappa shape index (κ2) is 14.6. The van der Waals surface area contributed by atoms with Gasteiger partial charge in [0, 0.05) is 34.6 Å². The molecule has 0 aromatic carbocycles. The smallest absolute Gasteiger partial charge is 0.303 e. The Hall–Kier alpha value is -3.53. The van der Waals surface area contributed by atoms with Crippen LogP contribution in [0.1, 0.15) is 46.9 Å². The molecule has 1 N–H and O–H groups in total. The third kappa shape index (κ3) is 9.02. The Kier molecular flexibility index (Phi) is 11.8. The SMILES string of the molecule is CCS[C@@H]([C@@H](OC(C)=O)[C@H](OC(C)=O)[C@H](OC(C)=O)[C@@H](COC(C)=O)OC(C)=O)n1cnc2c(=S)nc[nH]c21. The normalized spacial score (nSPS) is 14.8. The predicted molar refractivity (Wildman–Crippen MR) is 139 cm³/mol. The van der Waals surface area contributed by atoms with Gasteiger partial charge in [-0.2, -0.15) is 0 Å². The summed E-state index contributed by atoms with van der Waals surface area (Å²) >= 11 is 6.55. The highest BCUT2D eigenvalue weighted by molar-refractivity contribution is 7.99. The van der Waals surface area contributed by atoms with E-state index in [0.29, 0.717) is 16.9 Å². The molecule has 0 fully saturated rings. The van der Waals surface area contributed by atoms with Crippen LogP contribution in [0.5, 0.6) is 0 Å². The minimum atomic E-state index is -1.56. The molecule has 14 nitrogen and oxygen atoms in total. The van der Waals surface area contributed by atoms with E-state index >= 15 is 0 Å². The first-order chi connectivity index (χ1) is 18.3. The van der Waals surface area contributed by atoms with E-state index in [1.807, 2.05) is 6.92 Å². The van der Waals surface area contributed by atoms with Crippen molar-refractivity contribution in [2.24, 2.45) is 0 Å². The minimum absolute atomic E-state index is 0.220. The number of aromatic amines is 1. The van der Waals surface area contributed by atoms with Crippen molar-refractivity contribution in [2.75, 3.05) is 12.4 Å². The summed E-state index contributed by atoms with van der Waals surface area (Å²) in [4.78, 5) is 71.7. The number of esters is 5. The van der Waals surface area contributed by atoms with Crippen LogP contribution in [0, 0.1) is 4.64 Å². The number of H-pyrrole nitrogens is 1. The topological polar surface area (TPSA) is 178 Å². The number of nitrogens with zero attached hydrogens (tertiary/aromatic N) is 3. The van der Waals surface area contributed by atoms with Gasteiger partial charge in [-0.3, -0.25) is 24.0 Å². The summed E-state index contributed by atoms with van der Waals surface area (Å²) in [6.07, 6.45) is -3.06. The Morgan fingerprint density at radius 2 is 1.44 bits per heavy atom. The molecule has 0 aliphatic rings. The lowest BCUT2D eigenvalue weighted by atomic mass is 10.0. The van der Waals surface area contributed by atoms with Crippen LogP contribution in [0.25, 0.3) is 11.2 Å². The number of thioether (sulfide) groups is 1. The van der Waals surface area contributed by atoms with Gasteiger partial charge in [-0.25, -0.2) is 9.97 Å². The summed E-state index contributed by atoms with van der Waals surface area (Å²) in [5, 5.41) is -0.842. The van der Waals surface area contributed by atoms with Gasteiger partial charge in [-0.05, 0) is 5.75 Å². The first kappa shape index (κ1) is 31.7. The fourth-order valence-electron chi connectivity index (χ4n) is 3.72. The molecule has 2 heterocycles. The van der Waals surface area contributed by atoms with Crippen LogP contribution in [0.4, 0.5) is 0 Å². The van der Waals surface area contributed by atoms with Crippen molar-refractivity contribution in [1.29, 1.82) is 0 Å². The average Bonchev–Trinajstić information content (AvgIpc) is 3.26. The van der Waals surface area contributed by atoms with Crippen LogP contribution >= 0.6 is 24.0 Å². The van der Waals surface area contributed by atoms with E-state index in [9.17, 15) is 24.0 Å². The number of rotatable bonds is 13. The lowest BCUT2D eigenvalue weighted by Gasteiger charge is -2.38. The van der Waals surface area contributed by atoms with Gasteiger partial charge < -0.3 is 33.2 Å². The molecule has 0 unspecified atom stereocenters. The molecule has 0 amide bonds. The molecule has 0 aliphatic carbocycles. The number of imidazole rings is 1. The van der Waals surface area contributed by atoms with Crippen LogP contribution in [0.15, 0.2) is 12.7 Å². The van der Waals surface area contributed by atoms with Gasteiger partial charge in [-0.1, -0.05) is 19.1 Å². The molecule has 2 aromatic heterocycles. The molecule has 0 aliphatic heterocycles. The molecule has 214 valence electrons. The summed E-state index contributed by atoms with van der Waals surface area (Å²) in [5.74, 6) is -3.41. The monoisotopic (exact) mass is 586 g/mol. The maximum atomic E-state index is 12.4. The summed E-state index contributed by atoms with van der Waals surface area (Å²) in [7, 11) is 0. The van der Waals surface area contributed by atoms with E-state index in [1.165, 1.54) is 24.4 Å². The Labute approximate surface area is 233 Å². The first-order valence-electron chi connectivity index (χ1n) is 11.7. The maximum Gasteiger partial charge on any atom is 0.303 e. The number of aromatic nitrogens is 4. The molecule has 0 radical (unpaired) electrons. The lowest BCUT2D eigenvalue weighted by molar-refractivity contribution is -0.203. The zero-order chi connectivity index (χ0) is 29.3. The van der Waals surface area contributed by atoms with E-state index in [1.54, 1.807) is 4.57 Å². The third-order valence-corrected chi connectivity index (χ3v) is 6.43. The molecule has 0 spiro atoms. The van der Waals surface area contributed by atoms with Gasteiger partial charge in [-0.15, -0.1) is 11.8 Å². The molecule has 2 aromatic rings. The molecular weight excluding hydrogens is 556 g/mol. The van der Waals surface area contributed by atoms with Crippen molar-refractivity contribution in [3.8, 4) is 0 Å². The largest absolute Gasteiger partial charge is 0.462 e. The fraction of sp³-hybridized carbons (Fsp3) is 0.565. The second-order valence-electron chi connectivity index (χ2n) is 8.08. The molecule has 2 rings (SSSR count). The Morgan fingerprint density at radius 1 is 0.872 bits per heavy atom.